The summed E-state index contributed by atoms with van der Waals surface area (Å²) >= 11 is 1.43. The molecule has 1 aromatic rings. The van der Waals surface area contributed by atoms with Crippen LogP contribution in [-0.2, 0) is 14.8 Å². The minimum Gasteiger partial charge on any atom is -0.399 e. The summed E-state index contributed by atoms with van der Waals surface area (Å²) in [6.07, 6.45) is 0. The predicted octanol–water partition coefficient (Wildman–Crippen LogP) is 0.369. The number of carbonyl (C=O) groups is 1. The summed E-state index contributed by atoms with van der Waals surface area (Å²) < 4.78 is 25.7. The van der Waals surface area contributed by atoms with Gasteiger partial charge >= 0.3 is 0 Å². The lowest BCUT2D eigenvalue weighted by Crippen LogP contribution is -2.37. The number of nitrogen functional groups attached to an aromatic ring is 1. The molecule has 20 heavy (non-hydrogen) atoms. The summed E-state index contributed by atoms with van der Waals surface area (Å²) in [7, 11) is -0.278. The second kappa shape index (κ2) is 7.51. The first-order valence-electron chi connectivity index (χ1n) is 5.96. The number of likely N-dealkylation sites (N-methyl/N-ethyl adjacent to an activating group) is 1. The van der Waals surface area contributed by atoms with Crippen LogP contribution in [0.2, 0.25) is 0 Å². The number of hydrogen-bond acceptors (Lipinski definition) is 5. The fraction of sp³-hybridized carbons (Fsp3) is 0.417. The van der Waals surface area contributed by atoms with Crippen LogP contribution in [-0.4, -0.2) is 51.4 Å². The first kappa shape index (κ1) is 16.8. The molecule has 8 heteroatoms. The molecule has 0 saturated heterocycles. The van der Waals surface area contributed by atoms with Gasteiger partial charge in [-0.2, -0.15) is 0 Å². The van der Waals surface area contributed by atoms with E-state index in [1.54, 1.807) is 26.2 Å². The van der Waals surface area contributed by atoms with Crippen molar-refractivity contribution in [2.45, 2.75) is 4.90 Å². The van der Waals surface area contributed by atoms with Crippen LogP contribution in [0.4, 0.5) is 5.69 Å². The van der Waals surface area contributed by atoms with Crippen LogP contribution in [0.5, 0.6) is 0 Å². The van der Waals surface area contributed by atoms with Crippen LogP contribution in [0.25, 0.3) is 0 Å². The van der Waals surface area contributed by atoms with Gasteiger partial charge in [-0.3, -0.25) is 4.79 Å². The van der Waals surface area contributed by atoms with Crippen molar-refractivity contribution in [3.8, 4) is 0 Å². The molecule has 0 atom stereocenters. The molecule has 0 bridgehead atoms. The largest absolute Gasteiger partial charge is 0.399 e. The molecule has 0 spiro atoms. The molecule has 0 aliphatic heterocycles. The molecule has 0 fully saturated rings. The van der Waals surface area contributed by atoms with Crippen molar-refractivity contribution >= 4 is 33.4 Å². The summed E-state index contributed by atoms with van der Waals surface area (Å²) in [5.74, 6) is 0.0952. The van der Waals surface area contributed by atoms with E-state index in [1.807, 2.05) is 12.1 Å². The van der Waals surface area contributed by atoms with Crippen molar-refractivity contribution < 1.29 is 13.2 Å². The molecule has 0 unspecified atom stereocenters. The van der Waals surface area contributed by atoms with Crippen molar-refractivity contribution in [2.75, 3.05) is 37.9 Å². The Hall–Kier alpha value is -1.25. The predicted molar refractivity (Wildman–Crippen MR) is 82.1 cm³/mol. The minimum absolute atomic E-state index is 0.0389. The average Bonchev–Trinajstić information content (AvgIpc) is 2.38. The van der Waals surface area contributed by atoms with E-state index < -0.39 is 10.0 Å². The quantitative estimate of drug-likeness (QED) is 0.560. The number of rotatable bonds is 7. The summed E-state index contributed by atoms with van der Waals surface area (Å²) in [6.45, 7) is -0.206. The zero-order chi connectivity index (χ0) is 15.2. The Morgan fingerprint density at radius 3 is 2.45 bits per heavy atom. The molecule has 3 N–H and O–H groups in total. The smallest absolute Gasteiger partial charge is 0.237 e. The molecule has 112 valence electrons. The molecule has 0 radical (unpaired) electrons. The maximum absolute atomic E-state index is 11.7. The van der Waals surface area contributed by atoms with Gasteiger partial charge in [-0.15, -0.1) is 11.8 Å². The molecular formula is C12H19N3O3S2. The van der Waals surface area contributed by atoms with Crippen LogP contribution >= 0.6 is 11.8 Å². The highest BCUT2D eigenvalue weighted by atomic mass is 32.2. The van der Waals surface area contributed by atoms with Gasteiger partial charge in [0.25, 0.3) is 0 Å². The van der Waals surface area contributed by atoms with Gasteiger partial charge in [0.1, 0.15) is 0 Å². The van der Waals surface area contributed by atoms with Gasteiger partial charge in [0, 0.05) is 30.4 Å². The Labute approximate surface area is 123 Å². The van der Waals surface area contributed by atoms with Gasteiger partial charge < -0.3 is 10.6 Å². The van der Waals surface area contributed by atoms with Crippen molar-refractivity contribution in [3.05, 3.63) is 24.3 Å². The second-order valence-electron chi connectivity index (χ2n) is 4.35. The first-order valence-corrected chi connectivity index (χ1v) is 8.60. The van der Waals surface area contributed by atoms with Crippen LogP contribution in [0.3, 0.4) is 0 Å². The standard InChI is InChI=1S/C12H19N3O3S2/c1-15(2)12(16)9-14-20(17,18)8-7-19-11-5-3-10(13)4-6-11/h3-6,14H,7-9,13H2,1-2H3. The van der Waals surface area contributed by atoms with E-state index in [2.05, 4.69) is 4.72 Å². The number of hydrogen-bond donors (Lipinski definition) is 2. The number of amides is 1. The van der Waals surface area contributed by atoms with Gasteiger partial charge in [0.05, 0.1) is 12.3 Å². The lowest BCUT2D eigenvalue weighted by molar-refractivity contribution is -0.127. The van der Waals surface area contributed by atoms with Crippen LogP contribution in [0, 0.1) is 0 Å². The van der Waals surface area contributed by atoms with Crippen molar-refractivity contribution in [1.82, 2.24) is 9.62 Å². The van der Waals surface area contributed by atoms with Gasteiger partial charge in [0.15, 0.2) is 0 Å². The molecule has 6 nitrogen and oxygen atoms in total. The molecule has 0 aliphatic carbocycles. The molecule has 0 saturated carbocycles. The van der Waals surface area contributed by atoms with Gasteiger partial charge in [0.2, 0.25) is 15.9 Å². The number of nitrogens with zero attached hydrogens (tertiary/aromatic N) is 1. The Morgan fingerprint density at radius 2 is 1.90 bits per heavy atom. The lowest BCUT2D eigenvalue weighted by atomic mass is 10.3. The number of benzene rings is 1. The number of anilines is 1. The van der Waals surface area contributed by atoms with Crippen LogP contribution in [0.1, 0.15) is 0 Å². The van der Waals surface area contributed by atoms with Crippen molar-refractivity contribution in [1.29, 1.82) is 0 Å². The molecule has 1 aromatic carbocycles. The van der Waals surface area contributed by atoms with Crippen molar-refractivity contribution in [3.63, 3.8) is 0 Å². The summed E-state index contributed by atoms with van der Waals surface area (Å²) in [5.41, 5.74) is 6.24. The molecule has 1 rings (SSSR count). The Bertz CT molecular complexity index is 542. The number of sulfonamides is 1. The van der Waals surface area contributed by atoms with E-state index in [0.29, 0.717) is 11.4 Å². The Kier molecular flexibility index (Phi) is 6.31. The highest BCUT2D eigenvalue weighted by Crippen LogP contribution is 2.19. The van der Waals surface area contributed by atoms with E-state index in [1.165, 1.54) is 16.7 Å². The zero-order valence-electron chi connectivity index (χ0n) is 11.5. The van der Waals surface area contributed by atoms with Gasteiger partial charge in [-0.25, -0.2) is 13.1 Å². The third kappa shape index (κ3) is 6.27. The fourth-order valence-electron chi connectivity index (χ4n) is 1.24. The third-order valence-electron chi connectivity index (χ3n) is 2.44. The fourth-order valence-corrected chi connectivity index (χ4v) is 3.50. The van der Waals surface area contributed by atoms with E-state index in [0.717, 1.165) is 4.90 Å². The van der Waals surface area contributed by atoms with Crippen LogP contribution in [0.15, 0.2) is 29.2 Å². The summed E-state index contributed by atoms with van der Waals surface area (Å²) in [5, 5.41) is 0. The van der Waals surface area contributed by atoms with Crippen LogP contribution < -0.4 is 10.5 Å². The molecular weight excluding hydrogens is 298 g/mol. The maximum atomic E-state index is 11.7. The monoisotopic (exact) mass is 317 g/mol. The SMILES string of the molecule is CN(C)C(=O)CNS(=O)(=O)CCSc1ccc(N)cc1. The van der Waals surface area contributed by atoms with E-state index >= 15 is 0 Å². The minimum atomic E-state index is -3.43. The number of carbonyl (C=O) groups excluding carboxylic acids is 1. The zero-order valence-corrected chi connectivity index (χ0v) is 13.1. The Morgan fingerprint density at radius 1 is 1.30 bits per heavy atom. The average molecular weight is 317 g/mol. The van der Waals surface area contributed by atoms with Crippen molar-refractivity contribution in [2.24, 2.45) is 0 Å². The molecule has 0 heterocycles. The maximum Gasteiger partial charge on any atom is 0.237 e. The summed E-state index contributed by atoms with van der Waals surface area (Å²) in [4.78, 5) is 13.6. The molecule has 1 amide bonds. The molecule has 0 aromatic heterocycles. The third-order valence-corrected chi connectivity index (χ3v) is 5.04. The number of nitrogens with two attached hydrogens (primary N) is 1. The lowest BCUT2D eigenvalue weighted by Gasteiger charge is -2.11. The number of nitrogens with one attached hydrogen (secondary N) is 1. The Balaban J connectivity index is 2.36. The summed E-state index contributed by atoms with van der Waals surface area (Å²) in [6, 6.07) is 7.22. The van der Waals surface area contributed by atoms with Gasteiger partial charge in [-0.05, 0) is 24.3 Å². The molecule has 0 aliphatic rings. The van der Waals surface area contributed by atoms with Gasteiger partial charge in [-0.1, -0.05) is 0 Å². The topological polar surface area (TPSA) is 92.5 Å². The van der Waals surface area contributed by atoms with E-state index in [4.69, 9.17) is 5.73 Å². The first-order chi connectivity index (χ1) is 9.30. The normalized spacial score (nSPS) is 11.3. The highest BCUT2D eigenvalue weighted by molar-refractivity contribution is 8.00. The van der Waals surface area contributed by atoms with E-state index in [9.17, 15) is 13.2 Å². The number of thioether (sulfide) groups is 1. The van der Waals surface area contributed by atoms with E-state index in [-0.39, 0.29) is 18.2 Å². The highest BCUT2D eigenvalue weighted by Gasteiger charge is 2.13. The second-order valence-corrected chi connectivity index (χ2v) is 7.44.